The molecule has 2 aliphatic heterocycles. The van der Waals surface area contributed by atoms with E-state index in [1.54, 1.807) is 41.5 Å². The Balaban J connectivity index is 2.60. The zero-order chi connectivity index (χ0) is 34.3. The summed E-state index contributed by atoms with van der Waals surface area (Å²) in [5.74, 6) is -0.708. The molecule has 0 aliphatic carbocycles. The summed E-state index contributed by atoms with van der Waals surface area (Å²) in [6, 6.07) is -1.63. The van der Waals surface area contributed by atoms with Crippen LogP contribution < -0.4 is 5.43 Å². The first-order valence-electron chi connectivity index (χ1n) is 15.1. The number of carbonyl (C=O) groups excluding carboxylic acids is 4. The topological polar surface area (TPSA) is 161 Å². The molecular weight excluding hydrogens is 594 g/mol. The number of hydrogen-bond donors (Lipinski definition) is 1. The van der Waals surface area contributed by atoms with Gasteiger partial charge >= 0.3 is 18.3 Å². The number of ether oxygens (including phenoxy) is 8. The molecule has 2 rings (SSSR count). The van der Waals surface area contributed by atoms with Crippen LogP contribution in [0.4, 0.5) is 14.4 Å². The van der Waals surface area contributed by atoms with Gasteiger partial charge < -0.3 is 37.9 Å². The summed E-state index contributed by atoms with van der Waals surface area (Å²) in [6.07, 6.45) is -6.49. The van der Waals surface area contributed by atoms with E-state index in [1.165, 1.54) is 28.4 Å². The van der Waals surface area contributed by atoms with Crippen molar-refractivity contribution in [2.45, 2.75) is 122 Å². The van der Waals surface area contributed by atoms with Crippen LogP contribution in [0.1, 0.15) is 68.2 Å². The third-order valence-electron chi connectivity index (χ3n) is 7.30. The average Bonchev–Trinajstić information content (AvgIpc) is 3.30. The van der Waals surface area contributed by atoms with Crippen LogP contribution in [-0.2, 0) is 42.7 Å². The second-order valence-electron chi connectivity index (χ2n) is 13.5. The highest BCUT2D eigenvalue weighted by atomic mass is 16.6. The van der Waals surface area contributed by atoms with Gasteiger partial charge in [-0.25, -0.2) is 29.7 Å². The lowest BCUT2D eigenvalue weighted by molar-refractivity contribution is -0.252. The van der Waals surface area contributed by atoms with Crippen molar-refractivity contribution in [2.24, 2.45) is 5.92 Å². The lowest BCUT2D eigenvalue weighted by Gasteiger charge is -2.46. The number of methoxy groups -OCH3 is 4. The summed E-state index contributed by atoms with van der Waals surface area (Å²) >= 11 is 0. The minimum absolute atomic E-state index is 0.0446. The molecule has 7 atom stereocenters. The molecule has 0 unspecified atom stereocenters. The van der Waals surface area contributed by atoms with Crippen LogP contribution in [0.3, 0.4) is 0 Å². The summed E-state index contributed by atoms with van der Waals surface area (Å²) in [6.45, 7) is 13.9. The van der Waals surface area contributed by atoms with Gasteiger partial charge in [-0.15, -0.1) is 0 Å². The molecule has 2 fully saturated rings. The van der Waals surface area contributed by atoms with Crippen molar-refractivity contribution in [3.8, 4) is 0 Å². The van der Waals surface area contributed by atoms with Gasteiger partial charge in [-0.3, -0.25) is 4.79 Å². The lowest BCUT2D eigenvalue weighted by atomic mass is 9.90. The SMILES string of the molecule is COC[C@H]1O[C@H](C[C@@H](CC(=O)N2C(=O)OC[C@@H]2C(C)C)N(NC(=O)OC(C)(C)C)C(=O)OC(C)(C)C)[C@H](OC)[C@@H](OC)[C@H]1OC. The van der Waals surface area contributed by atoms with E-state index >= 15 is 0 Å². The van der Waals surface area contributed by atoms with Crippen LogP contribution in [0, 0.1) is 5.92 Å². The summed E-state index contributed by atoms with van der Waals surface area (Å²) < 4.78 is 45.3. The van der Waals surface area contributed by atoms with Gasteiger partial charge in [0.15, 0.2) is 0 Å². The van der Waals surface area contributed by atoms with E-state index in [2.05, 4.69) is 5.43 Å². The van der Waals surface area contributed by atoms with Crippen molar-refractivity contribution in [1.82, 2.24) is 15.3 Å². The summed E-state index contributed by atoms with van der Waals surface area (Å²) in [5, 5.41) is 0.911. The van der Waals surface area contributed by atoms with Crippen LogP contribution in [0.2, 0.25) is 0 Å². The van der Waals surface area contributed by atoms with Crippen molar-refractivity contribution in [1.29, 1.82) is 0 Å². The molecule has 260 valence electrons. The fourth-order valence-corrected chi connectivity index (χ4v) is 5.38. The molecule has 15 heteroatoms. The van der Waals surface area contributed by atoms with Crippen LogP contribution in [0.25, 0.3) is 0 Å². The van der Waals surface area contributed by atoms with E-state index in [0.717, 1.165) is 9.91 Å². The van der Waals surface area contributed by atoms with E-state index in [0.29, 0.717) is 0 Å². The molecule has 2 heterocycles. The maximum atomic E-state index is 13.9. The van der Waals surface area contributed by atoms with E-state index in [-0.39, 0.29) is 25.6 Å². The lowest BCUT2D eigenvalue weighted by Crippen LogP contribution is -2.63. The number of carbonyl (C=O) groups is 4. The molecule has 0 aromatic carbocycles. The monoisotopic (exact) mass is 647 g/mol. The van der Waals surface area contributed by atoms with Crippen LogP contribution in [-0.4, -0.2) is 130 Å². The normalized spacial score (nSPS) is 26.3. The number of hydrogen-bond acceptors (Lipinski definition) is 12. The zero-order valence-corrected chi connectivity index (χ0v) is 28.7. The van der Waals surface area contributed by atoms with E-state index in [1.807, 2.05) is 13.8 Å². The zero-order valence-electron chi connectivity index (χ0n) is 28.7. The Morgan fingerprint density at radius 3 is 1.96 bits per heavy atom. The molecule has 45 heavy (non-hydrogen) atoms. The molecule has 2 saturated heterocycles. The minimum atomic E-state index is -1.12. The molecule has 0 bridgehead atoms. The molecule has 0 radical (unpaired) electrons. The molecular formula is C30H53N3O12. The number of hydrazine groups is 1. The molecule has 0 aromatic heterocycles. The minimum Gasteiger partial charge on any atom is -0.447 e. The predicted octanol–water partition coefficient (Wildman–Crippen LogP) is 3.27. The Hall–Kier alpha value is -2.72. The Morgan fingerprint density at radius 2 is 1.47 bits per heavy atom. The second-order valence-corrected chi connectivity index (χ2v) is 13.5. The quantitative estimate of drug-likeness (QED) is 0.258. The van der Waals surface area contributed by atoms with Gasteiger partial charge in [0.2, 0.25) is 5.91 Å². The van der Waals surface area contributed by atoms with E-state index < -0.39 is 84.4 Å². The van der Waals surface area contributed by atoms with Crippen LogP contribution >= 0.6 is 0 Å². The van der Waals surface area contributed by atoms with E-state index in [4.69, 9.17) is 37.9 Å². The standard InChI is InChI=1S/C30H53N3O12/c1-17(2)19-15-42-27(36)32(19)22(34)14-18(33(28(37)45-30(6,7)8)31-26(35)44-29(3,4)5)13-20-23(39-10)25(41-12)24(40-11)21(43-20)16-38-9/h17-21,23-25H,13-16H2,1-12H3,(H,31,35)/t18-,19+,20+,21+,23-,24-,25+/m0/s1. The van der Waals surface area contributed by atoms with Gasteiger partial charge in [0.25, 0.3) is 0 Å². The number of cyclic esters (lactones) is 1. The van der Waals surface area contributed by atoms with Gasteiger partial charge in [-0.1, -0.05) is 13.8 Å². The number of amides is 4. The fraction of sp³-hybridized carbons (Fsp3) is 0.867. The van der Waals surface area contributed by atoms with Gasteiger partial charge in [0.1, 0.15) is 42.2 Å². The van der Waals surface area contributed by atoms with Gasteiger partial charge in [-0.2, -0.15) is 0 Å². The highest BCUT2D eigenvalue weighted by Crippen LogP contribution is 2.32. The first-order valence-corrected chi connectivity index (χ1v) is 15.1. The third kappa shape index (κ3) is 10.7. The van der Waals surface area contributed by atoms with Crippen molar-refractivity contribution in [3.05, 3.63) is 0 Å². The fourth-order valence-electron chi connectivity index (χ4n) is 5.38. The highest BCUT2D eigenvalue weighted by Gasteiger charge is 2.49. The summed E-state index contributed by atoms with van der Waals surface area (Å²) in [7, 11) is 6.03. The number of imide groups is 1. The average molecular weight is 648 g/mol. The Kier molecular flexibility index (Phi) is 13.9. The second kappa shape index (κ2) is 16.2. The van der Waals surface area contributed by atoms with Crippen molar-refractivity contribution in [3.63, 3.8) is 0 Å². The molecule has 4 amide bonds. The van der Waals surface area contributed by atoms with Crippen molar-refractivity contribution in [2.75, 3.05) is 41.7 Å². The predicted molar refractivity (Wildman–Crippen MR) is 160 cm³/mol. The van der Waals surface area contributed by atoms with Crippen LogP contribution in [0.5, 0.6) is 0 Å². The first kappa shape index (κ1) is 38.5. The Morgan fingerprint density at radius 1 is 0.911 bits per heavy atom. The molecule has 15 nitrogen and oxygen atoms in total. The Bertz CT molecular complexity index is 1010. The number of rotatable bonds is 11. The summed E-state index contributed by atoms with van der Waals surface area (Å²) in [5.41, 5.74) is 0.608. The third-order valence-corrected chi connectivity index (χ3v) is 7.30. The first-order chi connectivity index (χ1) is 20.9. The maximum Gasteiger partial charge on any atom is 0.429 e. The molecule has 0 spiro atoms. The highest BCUT2D eigenvalue weighted by molar-refractivity contribution is 5.94. The van der Waals surface area contributed by atoms with Gasteiger partial charge in [-0.05, 0) is 53.9 Å². The smallest absolute Gasteiger partial charge is 0.429 e. The number of nitrogens with one attached hydrogen (secondary N) is 1. The van der Waals surface area contributed by atoms with Crippen molar-refractivity contribution < 1.29 is 57.1 Å². The molecule has 2 aliphatic rings. The largest absolute Gasteiger partial charge is 0.447 e. The molecule has 0 saturated carbocycles. The van der Waals surface area contributed by atoms with Crippen LogP contribution in [0.15, 0.2) is 0 Å². The number of nitrogens with zero attached hydrogens (tertiary/aromatic N) is 2. The Labute approximate surface area is 266 Å². The summed E-state index contributed by atoms with van der Waals surface area (Å²) in [4.78, 5) is 54.3. The van der Waals surface area contributed by atoms with Crippen molar-refractivity contribution >= 4 is 24.2 Å². The molecule has 0 aromatic rings. The molecule has 1 N–H and O–H groups in total. The maximum absolute atomic E-state index is 13.9. The van der Waals surface area contributed by atoms with E-state index in [9.17, 15) is 19.2 Å². The van der Waals surface area contributed by atoms with Gasteiger partial charge in [0, 0.05) is 28.4 Å². The van der Waals surface area contributed by atoms with Gasteiger partial charge in [0.05, 0.1) is 31.2 Å².